The Morgan fingerprint density at radius 2 is 1.75 bits per heavy atom. The number of nitrogens with zero attached hydrogens (tertiary/aromatic N) is 1. The van der Waals surface area contributed by atoms with Crippen molar-refractivity contribution >= 4 is 11.9 Å². The second-order valence-corrected chi connectivity index (χ2v) is 7.58. The minimum absolute atomic E-state index is 0.0159. The fourth-order valence-electron chi connectivity index (χ4n) is 4.08. The molecule has 0 aromatic heterocycles. The number of methoxy groups -OCH3 is 1. The van der Waals surface area contributed by atoms with Crippen molar-refractivity contribution in [2.24, 2.45) is 17.8 Å². The van der Waals surface area contributed by atoms with Crippen LogP contribution in [0.3, 0.4) is 0 Å². The number of likely N-dealkylation sites (tertiary alicyclic amines) is 1. The summed E-state index contributed by atoms with van der Waals surface area (Å²) in [5, 5.41) is 9.46. The van der Waals surface area contributed by atoms with Gasteiger partial charge < -0.3 is 14.7 Å². The third kappa shape index (κ3) is 3.46. The van der Waals surface area contributed by atoms with Crippen LogP contribution < -0.4 is 4.74 Å². The quantitative estimate of drug-likeness (QED) is 0.855. The molecule has 1 aliphatic heterocycles. The summed E-state index contributed by atoms with van der Waals surface area (Å²) >= 11 is 0. The van der Waals surface area contributed by atoms with E-state index in [1.165, 1.54) is 17.0 Å². The van der Waals surface area contributed by atoms with Gasteiger partial charge in [-0.25, -0.2) is 4.39 Å². The molecule has 1 N–H and O–H groups in total. The van der Waals surface area contributed by atoms with Gasteiger partial charge in [-0.05, 0) is 60.1 Å². The summed E-state index contributed by atoms with van der Waals surface area (Å²) in [4.78, 5) is 25.9. The molecular formula is C22H22FNO4. The van der Waals surface area contributed by atoms with Crippen LogP contribution in [0.4, 0.5) is 4.39 Å². The SMILES string of the molecule is COc1ccc(-c2ccc(C(=O)N3C[C@H](C(=O)O)[C@@H](C4CC4)C3)c(F)c2)cc1. The molecule has 4 rings (SSSR count). The lowest BCUT2D eigenvalue weighted by Gasteiger charge is -2.17. The highest BCUT2D eigenvalue weighted by molar-refractivity contribution is 5.95. The zero-order chi connectivity index (χ0) is 19.8. The monoisotopic (exact) mass is 383 g/mol. The van der Waals surface area contributed by atoms with Crippen molar-refractivity contribution in [3.63, 3.8) is 0 Å². The maximum atomic E-state index is 14.7. The van der Waals surface area contributed by atoms with Crippen molar-refractivity contribution in [3.05, 3.63) is 53.8 Å². The number of ether oxygens (including phenoxy) is 1. The Morgan fingerprint density at radius 1 is 1.07 bits per heavy atom. The van der Waals surface area contributed by atoms with Crippen molar-refractivity contribution in [2.45, 2.75) is 12.8 Å². The Kier molecular flexibility index (Phi) is 4.79. The predicted molar refractivity (Wildman–Crippen MR) is 102 cm³/mol. The van der Waals surface area contributed by atoms with E-state index in [-0.39, 0.29) is 18.0 Å². The molecule has 2 fully saturated rings. The number of carbonyl (C=O) groups excluding carboxylic acids is 1. The van der Waals surface area contributed by atoms with Gasteiger partial charge in [-0.3, -0.25) is 9.59 Å². The van der Waals surface area contributed by atoms with Crippen molar-refractivity contribution in [2.75, 3.05) is 20.2 Å². The summed E-state index contributed by atoms with van der Waals surface area (Å²) in [6, 6.07) is 11.8. The summed E-state index contributed by atoms with van der Waals surface area (Å²) in [5.74, 6) is -1.40. The molecule has 1 heterocycles. The van der Waals surface area contributed by atoms with Gasteiger partial charge in [0.05, 0.1) is 18.6 Å². The topological polar surface area (TPSA) is 66.8 Å². The lowest BCUT2D eigenvalue weighted by molar-refractivity contribution is -0.142. The molecule has 28 heavy (non-hydrogen) atoms. The Morgan fingerprint density at radius 3 is 2.32 bits per heavy atom. The van der Waals surface area contributed by atoms with E-state index in [0.29, 0.717) is 23.8 Å². The highest BCUT2D eigenvalue weighted by Crippen LogP contribution is 2.44. The first-order valence-corrected chi connectivity index (χ1v) is 9.44. The maximum absolute atomic E-state index is 14.7. The smallest absolute Gasteiger partial charge is 0.308 e. The standard InChI is InChI=1S/C22H22FNO4/c1-28-16-7-4-13(5-8-16)15-6-9-17(20(23)10-15)21(25)24-11-18(14-2-3-14)19(12-24)22(26)27/h4-10,14,18-19H,2-3,11-12H2,1H3,(H,26,27)/t18-,19+/m1/s1. The first-order valence-electron chi connectivity index (χ1n) is 9.44. The lowest BCUT2D eigenvalue weighted by Crippen LogP contribution is -2.30. The zero-order valence-electron chi connectivity index (χ0n) is 15.6. The second kappa shape index (κ2) is 7.26. The molecule has 2 aromatic carbocycles. The highest BCUT2D eigenvalue weighted by Gasteiger charge is 2.47. The van der Waals surface area contributed by atoms with Crippen LogP contribution in [0.5, 0.6) is 5.75 Å². The van der Waals surface area contributed by atoms with Gasteiger partial charge in [0.2, 0.25) is 0 Å². The first kappa shape index (κ1) is 18.5. The Hall–Kier alpha value is -2.89. The molecule has 0 bridgehead atoms. The fourth-order valence-corrected chi connectivity index (χ4v) is 4.08. The molecule has 1 amide bonds. The summed E-state index contributed by atoms with van der Waals surface area (Å²) in [6.45, 7) is 0.537. The van der Waals surface area contributed by atoms with Crippen LogP contribution in [0.2, 0.25) is 0 Å². The summed E-state index contributed by atoms with van der Waals surface area (Å²) in [6.07, 6.45) is 2.03. The van der Waals surface area contributed by atoms with Crippen LogP contribution >= 0.6 is 0 Å². The van der Waals surface area contributed by atoms with E-state index in [9.17, 15) is 19.1 Å². The van der Waals surface area contributed by atoms with Crippen LogP contribution in [-0.2, 0) is 4.79 Å². The average Bonchev–Trinajstić information content (AvgIpc) is 3.45. The number of halogens is 1. The Bertz CT molecular complexity index is 907. The number of carboxylic acids is 1. The third-order valence-corrected chi connectivity index (χ3v) is 5.82. The molecule has 2 aromatic rings. The van der Waals surface area contributed by atoms with E-state index >= 15 is 0 Å². The first-order chi connectivity index (χ1) is 13.5. The number of carbonyl (C=O) groups is 2. The number of hydrogen-bond acceptors (Lipinski definition) is 3. The second-order valence-electron chi connectivity index (χ2n) is 7.58. The molecule has 2 aliphatic rings. The van der Waals surface area contributed by atoms with Crippen LogP contribution in [-0.4, -0.2) is 42.1 Å². The summed E-state index contributed by atoms with van der Waals surface area (Å²) in [5.41, 5.74) is 1.47. The van der Waals surface area contributed by atoms with Gasteiger partial charge in [0.1, 0.15) is 11.6 Å². The van der Waals surface area contributed by atoms with E-state index in [4.69, 9.17) is 4.74 Å². The highest BCUT2D eigenvalue weighted by atomic mass is 19.1. The summed E-state index contributed by atoms with van der Waals surface area (Å²) in [7, 11) is 1.58. The van der Waals surface area contributed by atoms with Crippen LogP contribution in [0.15, 0.2) is 42.5 Å². The largest absolute Gasteiger partial charge is 0.497 e. The van der Waals surface area contributed by atoms with E-state index in [2.05, 4.69) is 0 Å². The van der Waals surface area contributed by atoms with Crippen LogP contribution in [0.1, 0.15) is 23.2 Å². The number of benzene rings is 2. The fraction of sp³-hybridized carbons (Fsp3) is 0.364. The van der Waals surface area contributed by atoms with Gasteiger partial charge in [-0.2, -0.15) is 0 Å². The minimum Gasteiger partial charge on any atom is -0.497 e. The molecule has 0 unspecified atom stereocenters. The molecule has 0 spiro atoms. The molecular weight excluding hydrogens is 361 g/mol. The third-order valence-electron chi connectivity index (χ3n) is 5.82. The van der Waals surface area contributed by atoms with Crippen molar-refractivity contribution in [1.29, 1.82) is 0 Å². The number of hydrogen-bond donors (Lipinski definition) is 1. The lowest BCUT2D eigenvalue weighted by atomic mass is 9.92. The van der Waals surface area contributed by atoms with E-state index < -0.39 is 23.6 Å². The van der Waals surface area contributed by atoms with E-state index in [0.717, 1.165) is 18.4 Å². The Balaban J connectivity index is 1.54. The zero-order valence-corrected chi connectivity index (χ0v) is 15.6. The van der Waals surface area contributed by atoms with Gasteiger partial charge in [0.25, 0.3) is 5.91 Å². The molecule has 0 radical (unpaired) electrons. The normalized spacial score (nSPS) is 21.6. The molecule has 6 heteroatoms. The molecule has 146 valence electrons. The molecule has 1 saturated heterocycles. The number of rotatable bonds is 5. The molecule has 2 atom stereocenters. The average molecular weight is 383 g/mol. The number of amides is 1. The summed E-state index contributed by atoms with van der Waals surface area (Å²) < 4.78 is 19.8. The minimum atomic E-state index is -0.873. The van der Waals surface area contributed by atoms with Crippen molar-refractivity contribution in [3.8, 4) is 16.9 Å². The van der Waals surface area contributed by atoms with E-state index in [1.807, 2.05) is 12.1 Å². The molecule has 1 saturated carbocycles. The van der Waals surface area contributed by atoms with Crippen molar-refractivity contribution in [1.82, 2.24) is 4.90 Å². The van der Waals surface area contributed by atoms with E-state index in [1.54, 1.807) is 25.3 Å². The van der Waals surface area contributed by atoms with Gasteiger partial charge in [0, 0.05) is 13.1 Å². The number of aliphatic carboxylic acids is 1. The molecule has 1 aliphatic carbocycles. The van der Waals surface area contributed by atoms with Gasteiger partial charge >= 0.3 is 5.97 Å². The van der Waals surface area contributed by atoms with Crippen LogP contribution in [0, 0.1) is 23.6 Å². The maximum Gasteiger partial charge on any atom is 0.308 e. The Labute approximate surface area is 162 Å². The van der Waals surface area contributed by atoms with Gasteiger partial charge in [0.15, 0.2) is 0 Å². The molecule has 5 nitrogen and oxygen atoms in total. The predicted octanol–water partition coefficient (Wildman–Crippen LogP) is 3.68. The van der Waals surface area contributed by atoms with Gasteiger partial charge in [-0.15, -0.1) is 0 Å². The van der Waals surface area contributed by atoms with Crippen LogP contribution in [0.25, 0.3) is 11.1 Å². The number of carboxylic acid groups (broad SMARTS) is 1. The van der Waals surface area contributed by atoms with Crippen molar-refractivity contribution < 1.29 is 23.8 Å². The van der Waals surface area contributed by atoms with Gasteiger partial charge in [-0.1, -0.05) is 18.2 Å².